The van der Waals surface area contributed by atoms with Gasteiger partial charge >= 0.3 is 0 Å². The van der Waals surface area contributed by atoms with Crippen LogP contribution in [0.1, 0.15) is 30.9 Å². The number of hydrogen-bond donors (Lipinski definition) is 1. The summed E-state index contributed by atoms with van der Waals surface area (Å²) in [5.41, 5.74) is 1.63. The first-order valence-corrected chi connectivity index (χ1v) is 9.28. The van der Waals surface area contributed by atoms with Crippen molar-refractivity contribution in [2.24, 2.45) is 5.92 Å². The van der Waals surface area contributed by atoms with Gasteiger partial charge in [-0.05, 0) is 42.4 Å². The molecule has 1 aliphatic rings. The van der Waals surface area contributed by atoms with Gasteiger partial charge in [-0.1, -0.05) is 18.2 Å². The van der Waals surface area contributed by atoms with Crippen LogP contribution in [0.2, 0.25) is 0 Å². The molecule has 3 rings (SSSR count). The summed E-state index contributed by atoms with van der Waals surface area (Å²) in [5.74, 6) is 2.65. The molecule has 1 saturated heterocycles. The lowest BCUT2D eigenvalue weighted by Gasteiger charge is -2.21. The van der Waals surface area contributed by atoms with Crippen molar-refractivity contribution in [1.29, 1.82) is 5.26 Å². The third-order valence-corrected chi connectivity index (χ3v) is 5.25. The first-order chi connectivity index (χ1) is 11.8. The predicted molar refractivity (Wildman–Crippen MR) is 94.7 cm³/mol. The Balaban J connectivity index is 1.63. The Morgan fingerprint density at radius 1 is 1.38 bits per heavy atom. The van der Waals surface area contributed by atoms with Crippen LogP contribution in [0.15, 0.2) is 42.7 Å². The van der Waals surface area contributed by atoms with E-state index < -0.39 is 6.04 Å². The largest absolute Gasteiger partial charge is 0.337 e. The Kier molecular flexibility index (Phi) is 5.55. The number of rotatable bonds is 5. The average Bonchev–Trinajstić information content (AvgIpc) is 3.11. The van der Waals surface area contributed by atoms with Gasteiger partial charge in [-0.25, -0.2) is 4.68 Å². The summed E-state index contributed by atoms with van der Waals surface area (Å²) in [6.07, 6.45) is 6.10. The van der Waals surface area contributed by atoms with Gasteiger partial charge in [0.25, 0.3) is 0 Å². The summed E-state index contributed by atoms with van der Waals surface area (Å²) in [7, 11) is 0. The molecule has 1 N–H and O–H groups in total. The van der Waals surface area contributed by atoms with Crippen molar-refractivity contribution >= 4 is 17.7 Å². The van der Waals surface area contributed by atoms with E-state index in [9.17, 15) is 10.1 Å². The number of carbonyl (C=O) groups is 1. The average molecular weight is 340 g/mol. The van der Waals surface area contributed by atoms with E-state index in [0.29, 0.717) is 17.9 Å². The number of nitriles is 1. The van der Waals surface area contributed by atoms with Gasteiger partial charge in [-0.15, -0.1) is 0 Å². The smallest absolute Gasteiger partial charge is 0.221 e. The molecule has 0 bridgehead atoms. The molecule has 6 heteroatoms. The number of benzene rings is 1. The molecular formula is C18H20N4OS. The third-order valence-electron chi connectivity index (χ3n) is 4.21. The molecular weight excluding hydrogens is 320 g/mol. The summed E-state index contributed by atoms with van der Waals surface area (Å²) in [6.45, 7) is 0. The van der Waals surface area contributed by atoms with Gasteiger partial charge in [0.15, 0.2) is 0 Å². The summed E-state index contributed by atoms with van der Waals surface area (Å²) in [5, 5.41) is 16.5. The van der Waals surface area contributed by atoms with Gasteiger partial charge in [-0.3, -0.25) is 4.79 Å². The Bertz CT molecular complexity index is 716. The summed E-state index contributed by atoms with van der Waals surface area (Å²) in [6, 6.07) is 11.2. The highest BCUT2D eigenvalue weighted by Gasteiger charge is 2.21. The molecule has 0 spiro atoms. The van der Waals surface area contributed by atoms with Crippen LogP contribution in [-0.2, 0) is 4.79 Å². The second-order valence-electron chi connectivity index (χ2n) is 5.94. The molecule has 0 unspecified atom stereocenters. The molecule has 1 fully saturated rings. The second kappa shape index (κ2) is 8.02. The standard InChI is InChI=1S/C18H20N4OS/c19-11-17(21-18(23)10-14-6-8-24-9-7-14)15-12-20-22(13-15)16-4-2-1-3-5-16/h1-5,12-14,17H,6-10H2,(H,21,23)/t17-/m1/s1. The zero-order chi connectivity index (χ0) is 16.8. The number of hydrogen-bond acceptors (Lipinski definition) is 4. The molecule has 5 nitrogen and oxygen atoms in total. The monoisotopic (exact) mass is 340 g/mol. The third kappa shape index (κ3) is 4.18. The molecule has 0 radical (unpaired) electrons. The highest BCUT2D eigenvalue weighted by Crippen LogP contribution is 2.25. The van der Waals surface area contributed by atoms with Crippen LogP contribution in [0.25, 0.3) is 5.69 Å². The van der Waals surface area contributed by atoms with Gasteiger partial charge in [0, 0.05) is 18.2 Å². The topological polar surface area (TPSA) is 70.7 Å². The number of carbonyl (C=O) groups excluding carboxylic acids is 1. The second-order valence-corrected chi connectivity index (χ2v) is 7.17. The lowest BCUT2D eigenvalue weighted by molar-refractivity contribution is -0.122. The molecule has 1 aromatic heterocycles. The van der Waals surface area contributed by atoms with Crippen molar-refractivity contribution in [2.45, 2.75) is 25.3 Å². The summed E-state index contributed by atoms with van der Waals surface area (Å²) in [4.78, 5) is 12.2. The first kappa shape index (κ1) is 16.6. The van der Waals surface area contributed by atoms with Crippen LogP contribution in [-0.4, -0.2) is 27.2 Å². The Morgan fingerprint density at radius 2 is 2.12 bits per heavy atom. The van der Waals surface area contributed by atoms with Crippen LogP contribution >= 0.6 is 11.8 Å². The number of aromatic nitrogens is 2. The maximum Gasteiger partial charge on any atom is 0.221 e. The SMILES string of the molecule is N#C[C@@H](NC(=O)CC1CCSCC1)c1cnn(-c2ccccc2)c1. The Labute approximate surface area is 146 Å². The molecule has 1 aliphatic heterocycles. The van der Waals surface area contributed by atoms with E-state index in [1.54, 1.807) is 17.1 Å². The summed E-state index contributed by atoms with van der Waals surface area (Å²) >= 11 is 1.95. The fourth-order valence-electron chi connectivity index (χ4n) is 2.83. The number of para-hydroxylation sites is 1. The fraction of sp³-hybridized carbons (Fsp3) is 0.389. The zero-order valence-electron chi connectivity index (χ0n) is 13.4. The van der Waals surface area contributed by atoms with Crippen LogP contribution in [0.5, 0.6) is 0 Å². The van der Waals surface area contributed by atoms with Gasteiger partial charge in [-0.2, -0.15) is 22.1 Å². The highest BCUT2D eigenvalue weighted by molar-refractivity contribution is 7.99. The molecule has 2 heterocycles. The molecule has 124 valence electrons. The van der Waals surface area contributed by atoms with Crippen molar-refractivity contribution in [1.82, 2.24) is 15.1 Å². The minimum atomic E-state index is -0.659. The molecule has 1 aromatic carbocycles. The molecule has 1 amide bonds. The minimum absolute atomic E-state index is 0.0501. The molecule has 1 atom stereocenters. The zero-order valence-corrected chi connectivity index (χ0v) is 14.2. The van der Waals surface area contributed by atoms with E-state index in [4.69, 9.17) is 0 Å². The van der Waals surface area contributed by atoms with E-state index in [-0.39, 0.29) is 5.91 Å². The van der Waals surface area contributed by atoms with Gasteiger partial charge in [0.05, 0.1) is 18.0 Å². The number of thioether (sulfide) groups is 1. The Morgan fingerprint density at radius 3 is 2.83 bits per heavy atom. The lowest BCUT2D eigenvalue weighted by Crippen LogP contribution is -2.29. The van der Waals surface area contributed by atoms with E-state index in [0.717, 1.165) is 30.0 Å². The van der Waals surface area contributed by atoms with E-state index in [1.165, 1.54) is 0 Å². The van der Waals surface area contributed by atoms with E-state index in [2.05, 4.69) is 16.5 Å². The van der Waals surface area contributed by atoms with Crippen LogP contribution < -0.4 is 5.32 Å². The van der Waals surface area contributed by atoms with Crippen LogP contribution in [0.3, 0.4) is 0 Å². The molecule has 0 aliphatic carbocycles. The van der Waals surface area contributed by atoms with E-state index >= 15 is 0 Å². The quantitative estimate of drug-likeness (QED) is 0.908. The van der Waals surface area contributed by atoms with Crippen molar-refractivity contribution in [2.75, 3.05) is 11.5 Å². The van der Waals surface area contributed by atoms with Crippen molar-refractivity contribution in [3.63, 3.8) is 0 Å². The van der Waals surface area contributed by atoms with Crippen LogP contribution in [0.4, 0.5) is 0 Å². The predicted octanol–water partition coefficient (Wildman–Crippen LogP) is 3.09. The van der Waals surface area contributed by atoms with Crippen LogP contribution in [0, 0.1) is 17.2 Å². The normalized spacial score (nSPS) is 16.3. The minimum Gasteiger partial charge on any atom is -0.337 e. The van der Waals surface area contributed by atoms with Crippen molar-refractivity contribution in [3.05, 3.63) is 48.3 Å². The number of nitrogens with one attached hydrogen (secondary N) is 1. The number of amides is 1. The molecule has 24 heavy (non-hydrogen) atoms. The number of nitrogens with zero attached hydrogens (tertiary/aromatic N) is 3. The fourth-order valence-corrected chi connectivity index (χ4v) is 4.03. The maximum absolute atomic E-state index is 12.2. The van der Waals surface area contributed by atoms with Crippen molar-refractivity contribution < 1.29 is 4.79 Å². The summed E-state index contributed by atoms with van der Waals surface area (Å²) < 4.78 is 1.71. The maximum atomic E-state index is 12.2. The lowest BCUT2D eigenvalue weighted by atomic mass is 9.98. The van der Waals surface area contributed by atoms with Gasteiger partial charge < -0.3 is 5.32 Å². The highest BCUT2D eigenvalue weighted by atomic mass is 32.2. The van der Waals surface area contributed by atoms with Crippen molar-refractivity contribution in [3.8, 4) is 11.8 Å². The van der Waals surface area contributed by atoms with Gasteiger partial charge in [0.2, 0.25) is 5.91 Å². The molecule has 0 saturated carbocycles. The van der Waals surface area contributed by atoms with Gasteiger partial charge in [0.1, 0.15) is 6.04 Å². The first-order valence-electron chi connectivity index (χ1n) is 8.13. The molecule has 2 aromatic rings. The van der Waals surface area contributed by atoms with E-state index in [1.807, 2.05) is 42.1 Å². The Hall–Kier alpha value is -2.26.